The molecule has 4 fully saturated rings. The summed E-state index contributed by atoms with van der Waals surface area (Å²) in [6.07, 6.45) is -2.72. The normalized spacial score (nSPS) is 61.1. The summed E-state index contributed by atoms with van der Waals surface area (Å²) in [6, 6.07) is 0. The van der Waals surface area contributed by atoms with Gasteiger partial charge in [-0.1, -0.05) is 26.0 Å². The molecule has 6 N–H and O–H groups in total. The molecule has 0 unspecified atom stereocenters. The van der Waals surface area contributed by atoms with Crippen molar-refractivity contribution in [1.29, 1.82) is 0 Å². The molecule has 0 aromatic heterocycles. The highest BCUT2D eigenvalue weighted by Crippen LogP contribution is 2.68. The molecule has 10 atom stereocenters. The molecule has 0 aromatic carbocycles. The van der Waals surface area contributed by atoms with E-state index >= 15 is 0 Å². The second-order valence-electron chi connectivity index (χ2n) is 10.2. The van der Waals surface area contributed by atoms with Crippen molar-refractivity contribution in [3.8, 4) is 0 Å². The Morgan fingerprint density at radius 3 is 2.19 bits per heavy atom. The maximum Gasteiger partial charge on any atom is 0.107 e. The van der Waals surface area contributed by atoms with E-state index in [0.29, 0.717) is 24.8 Å². The van der Waals surface area contributed by atoms with E-state index in [2.05, 4.69) is 6.58 Å². The Labute approximate surface area is 154 Å². The maximum absolute atomic E-state index is 11.6. The lowest BCUT2D eigenvalue weighted by molar-refractivity contribution is -0.174. The summed E-state index contributed by atoms with van der Waals surface area (Å²) in [6.45, 7) is 9.22. The van der Waals surface area contributed by atoms with Gasteiger partial charge in [-0.3, -0.25) is 0 Å². The second-order valence-corrected chi connectivity index (χ2v) is 10.2. The molecule has 0 radical (unpaired) electrons. The summed E-state index contributed by atoms with van der Waals surface area (Å²) >= 11 is 0. The fourth-order valence-corrected chi connectivity index (χ4v) is 7.34. The first-order valence-corrected chi connectivity index (χ1v) is 9.68. The summed E-state index contributed by atoms with van der Waals surface area (Å²) in [5, 5.41) is 66.0. The fourth-order valence-electron chi connectivity index (χ4n) is 7.34. The van der Waals surface area contributed by atoms with Crippen LogP contribution in [0, 0.1) is 28.6 Å². The second kappa shape index (κ2) is 5.10. The van der Waals surface area contributed by atoms with E-state index < -0.39 is 52.4 Å². The maximum atomic E-state index is 11.6. The Balaban J connectivity index is 1.88. The monoisotopic (exact) mass is 368 g/mol. The molecule has 6 heteroatoms. The van der Waals surface area contributed by atoms with Crippen molar-refractivity contribution in [2.45, 2.75) is 82.1 Å². The third kappa shape index (κ3) is 1.84. The lowest BCUT2D eigenvalue weighted by Gasteiger charge is -2.46. The molecule has 6 nitrogen and oxygen atoms in total. The van der Waals surface area contributed by atoms with E-state index in [1.54, 1.807) is 20.8 Å². The van der Waals surface area contributed by atoms with Crippen molar-refractivity contribution >= 4 is 0 Å². The summed E-state index contributed by atoms with van der Waals surface area (Å²) < 4.78 is 0. The first-order chi connectivity index (χ1) is 11.8. The zero-order chi connectivity index (χ0) is 19.4. The van der Waals surface area contributed by atoms with E-state index in [1.165, 1.54) is 0 Å². The van der Waals surface area contributed by atoms with Gasteiger partial charge in [-0.25, -0.2) is 0 Å². The molecule has 148 valence electrons. The number of fused-ring (bicyclic) bond motifs is 2. The molecule has 1 spiro atoms. The van der Waals surface area contributed by atoms with Crippen molar-refractivity contribution in [2.24, 2.45) is 28.6 Å². The molecule has 4 saturated carbocycles. The number of hydrogen-bond donors (Lipinski definition) is 6. The van der Waals surface area contributed by atoms with Gasteiger partial charge in [0.2, 0.25) is 0 Å². The van der Waals surface area contributed by atoms with Crippen LogP contribution in [0.5, 0.6) is 0 Å². The van der Waals surface area contributed by atoms with E-state index in [9.17, 15) is 30.6 Å². The average Bonchev–Trinajstić information content (AvgIpc) is 2.70. The summed E-state index contributed by atoms with van der Waals surface area (Å²) in [5.74, 6) is -1.37. The summed E-state index contributed by atoms with van der Waals surface area (Å²) in [4.78, 5) is 0. The van der Waals surface area contributed by atoms with Crippen LogP contribution >= 0.6 is 0 Å². The first-order valence-electron chi connectivity index (χ1n) is 9.68. The van der Waals surface area contributed by atoms with Crippen LogP contribution in [-0.2, 0) is 0 Å². The van der Waals surface area contributed by atoms with Crippen molar-refractivity contribution in [1.82, 2.24) is 0 Å². The smallest absolute Gasteiger partial charge is 0.107 e. The van der Waals surface area contributed by atoms with Crippen molar-refractivity contribution in [2.75, 3.05) is 0 Å². The van der Waals surface area contributed by atoms with Crippen LogP contribution in [0.15, 0.2) is 12.2 Å². The van der Waals surface area contributed by atoms with Crippen molar-refractivity contribution in [3.05, 3.63) is 12.2 Å². The third-order valence-electron chi connectivity index (χ3n) is 8.76. The minimum Gasteiger partial charge on any atom is -0.392 e. The average molecular weight is 368 g/mol. The Bertz CT molecular complexity index is 644. The zero-order valence-electron chi connectivity index (χ0n) is 15.8. The fraction of sp³-hybridized carbons (Fsp3) is 0.900. The van der Waals surface area contributed by atoms with Gasteiger partial charge in [0.25, 0.3) is 0 Å². The van der Waals surface area contributed by atoms with E-state index in [1.807, 2.05) is 0 Å². The number of aliphatic hydroxyl groups excluding tert-OH is 4. The highest BCUT2D eigenvalue weighted by atomic mass is 16.4. The van der Waals surface area contributed by atoms with Gasteiger partial charge in [-0.05, 0) is 38.5 Å². The Hall–Kier alpha value is -0.500. The van der Waals surface area contributed by atoms with E-state index in [0.717, 1.165) is 0 Å². The van der Waals surface area contributed by atoms with Crippen LogP contribution in [0.1, 0.15) is 46.5 Å². The van der Waals surface area contributed by atoms with Crippen LogP contribution in [0.2, 0.25) is 0 Å². The van der Waals surface area contributed by atoms with Gasteiger partial charge in [0, 0.05) is 22.7 Å². The van der Waals surface area contributed by atoms with Gasteiger partial charge in [-0.2, -0.15) is 0 Å². The van der Waals surface area contributed by atoms with Crippen LogP contribution in [0.25, 0.3) is 0 Å². The number of hydrogen-bond acceptors (Lipinski definition) is 6. The molecular weight excluding hydrogens is 336 g/mol. The van der Waals surface area contributed by atoms with Gasteiger partial charge in [0.1, 0.15) is 5.60 Å². The van der Waals surface area contributed by atoms with E-state index in [-0.39, 0.29) is 18.3 Å². The highest BCUT2D eigenvalue weighted by molar-refractivity contribution is 5.33. The molecule has 2 bridgehead atoms. The summed E-state index contributed by atoms with van der Waals surface area (Å²) in [7, 11) is 0. The van der Waals surface area contributed by atoms with Gasteiger partial charge < -0.3 is 30.6 Å². The van der Waals surface area contributed by atoms with Crippen molar-refractivity contribution < 1.29 is 30.6 Å². The molecule has 4 aliphatic rings. The molecule has 0 aromatic rings. The molecule has 0 heterocycles. The first kappa shape index (κ1) is 18.8. The number of aliphatic hydroxyl groups is 6. The highest BCUT2D eigenvalue weighted by Gasteiger charge is 2.74. The third-order valence-corrected chi connectivity index (χ3v) is 8.76. The SMILES string of the molecule is C=C1[C@@H]2[C@H](O)[C@H](O)C(C)(C)[C@@]2(O)[C@H](O)C[C@]23C[C@@](C)(O)[C@H](CC[C@@H]12)[C@@H]3O. The predicted molar refractivity (Wildman–Crippen MR) is 93.9 cm³/mol. The molecule has 0 saturated heterocycles. The predicted octanol–water partition coefficient (Wildman–Crippen LogP) is -0.0557. The van der Waals surface area contributed by atoms with E-state index in [4.69, 9.17) is 0 Å². The minimum atomic E-state index is -1.75. The molecule has 0 aliphatic heterocycles. The molecule has 26 heavy (non-hydrogen) atoms. The van der Waals surface area contributed by atoms with Crippen LogP contribution < -0.4 is 0 Å². The molecule has 0 amide bonds. The summed E-state index contributed by atoms with van der Waals surface area (Å²) in [5.41, 5.74) is -4.13. The minimum absolute atomic E-state index is 0.111. The van der Waals surface area contributed by atoms with Crippen LogP contribution in [-0.4, -0.2) is 66.3 Å². The molecule has 4 aliphatic carbocycles. The largest absolute Gasteiger partial charge is 0.392 e. The molecular formula is C20H32O6. The van der Waals surface area contributed by atoms with Crippen LogP contribution in [0.4, 0.5) is 0 Å². The Kier molecular flexibility index (Phi) is 3.70. The standard InChI is InChI=1S/C20H32O6/c1-9-10-5-6-11-15(23)19(10,8-18(11,4)25)7-12(21)20(26)13(9)14(22)16(24)17(20,2)3/h10-16,21-26H,1,5-8H2,2-4H3/t10-,11+,12+,13+,14-,15-,16-,18+,19-,20+/m0/s1. The zero-order valence-corrected chi connectivity index (χ0v) is 15.8. The Morgan fingerprint density at radius 2 is 1.58 bits per heavy atom. The number of rotatable bonds is 0. The molecule has 4 rings (SSSR count). The topological polar surface area (TPSA) is 121 Å². The van der Waals surface area contributed by atoms with Gasteiger partial charge >= 0.3 is 0 Å². The van der Waals surface area contributed by atoms with Crippen LogP contribution in [0.3, 0.4) is 0 Å². The van der Waals surface area contributed by atoms with Crippen molar-refractivity contribution in [3.63, 3.8) is 0 Å². The van der Waals surface area contributed by atoms with Gasteiger partial charge in [0.15, 0.2) is 0 Å². The lowest BCUT2D eigenvalue weighted by atomic mass is 9.61. The quantitative estimate of drug-likeness (QED) is 0.333. The Morgan fingerprint density at radius 1 is 0.962 bits per heavy atom. The van der Waals surface area contributed by atoms with Gasteiger partial charge in [0.05, 0.1) is 30.0 Å². The lowest BCUT2D eigenvalue weighted by Crippen LogP contribution is -2.57. The van der Waals surface area contributed by atoms with Gasteiger partial charge in [-0.15, -0.1) is 0 Å².